The van der Waals surface area contributed by atoms with Crippen molar-refractivity contribution in [1.29, 1.82) is 0 Å². The van der Waals surface area contributed by atoms with Crippen molar-refractivity contribution >= 4 is 26.8 Å². The van der Waals surface area contributed by atoms with Crippen molar-refractivity contribution in [3.63, 3.8) is 0 Å². The third kappa shape index (κ3) is 1.55. The molecular formula is C14H10BrN. The molecule has 0 N–H and O–H groups in total. The van der Waals surface area contributed by atoms with Gasteiger partial charge in [0.2, 0.25) is 0 Å². The molecule has 3 aromatic rings. The second kappa shape index (κ2) is 3.80. The van der Waals surface area contributed by atoms with Gasteiger partial charge < -0.3 is 4.57 Å². The molecule has 2 heteroatoms. The van der Waals surface area contributed by atoms with Gasteiger partial charge in [0.1, 0.15) is 0 Å². The van der Waals surface area contributed by atoms with E-state index in [9.17, 15) is 0 Å². The molecule has 1 aromatic heterocycles. The van der Waals surface area contributed by atoms with Gasteiger partial charge in [-0.25, -0.2) is 0 Å². The minimum atomic E-state index is 1.10. The molecule has 0 bridgehead atoms. The second-order valence-electron chi connectivity index (χ2n) is 3.72. The van der Waals surface area contributed by atoms with E-state index >= 15 is 0 Å². The maximum atomic E-state index is 3.45. The lowest BCUT2D eigenvalue weighted by atomic mass is 10.2. The Balaban J connectivity index is 2.22. The van der Waals surface area contributed by atoms with E-state index in [-0.39, 0.29) is 0 Å². The zero-order valence-electron chi connectivity index (χ0n) is 8.60. The number of aromatic nitrogens is 1. The first-order valence-corrected chi connectivity index (χ1v) is 5.96. The van der Waals surface area contributed by atoms with Gasteiger partial charge in [-0.05, 0) is 41.8 Å². The van der Waals surface area contributed by atoms with Gasteiger partial charge in [-0.15, -0.1) is 0 Å². The SMILES string of the molecule is Brc1ccc(-n2ccc3ccccc32)cc1. The van der Waals surface area contributed by atoms with Crippen molar-refractivity contribution in [3.05, 3.63) is 65.3 Å². The standard InChI is InChI=1S/C14H10BrN/c15-12-5-7-13(8-6-12)16-10-9-11-3-1-2-4-14(11)16/h1-10H. The molecule has 0 aliphatic carbocycles. The highest BCUT2D eigenvalue weighted by molar-refractivity contribution is 9.10. The molecule has 3 rings (SSSR count). The molecule has 0 aliphatic heterocycles. The monoisotopic (exact) mass is 271 g/mol. The zero-order chi connectivity index (χ0) is 11.0. The number of nitrogens with zero attached hydrogens (tertiary/aromatic N) is 1. The minimum Gasteiger partial charge on any atom is -0.317 e. The first kappa shape index (κ1) is 9.67. The number of fused-ring (bicyclic) bond motifs is 1. The fourth-order valence-corrected chi connectivity index (χ4v) is 2.17. The normalized spacial score (nSPS) is 10.8. The molecule has 0 spiro atoms. The Kier molecular flexibility index (Phi) is 2.29. The average Bonchev–Trinajstić information content (AvgIpc) is 2.74. The summed E-state index contributed by atoms with van der Waals surface area (Å²) in [6.07, 6.45) is 2.11. The highest BCUT2D eigenvalue weighted by Crippen LogP contribution is 2.21. The van der Waals surface area contributed by atoms with E-state index in [4.69, 9.17) is 0 Å². The van der Waals surface area contributed by atoms with Gasteiger partial charge in [0.05, 0.1) is 5.52 Å². The Morgan fingerprint density at radius 2 is 1.56 bits per heavy atom. The molecule has 0 unspecified atom stereocenters. The Labute approximate surface area is 102 Å². The summed E-state index contributed by atoms with van der Waals surface area (Å²) in [4.78, 5) is 0. The fraction of sp³-hybridized carbons (Fsp3) is 0. The summed E-state index contributed by atoms with van der Waals surface area (Å²) in [7, 11) is 0. The number of hydrogen-bond donors (Lipinski definition) is 0. The van der Waals surface area contributed by atoms with Crippen LogP contribution in [0.2, 0.25) is 0 Å². The Hall–Kier alpha value is -1.54. The van der Waals surface area contributed by atoms with Crippen LogP contribution in [0.1, 0.15) is 0 Å². The summed E-state index contributed by atoms with van der Waals surface area (Å²) >= 11 is 3.45. The van der Waals surface area contributed by atoms with Crippen LogP contribution in [0.15, 0.2) is 65.3 Å². The molecular weight excluding hydrogens is 262 g/mol. The second-order valence-corrected chi connectivity index (χ2v) is 4.64. The van der Waals surface area contributed by atoms with E-state index in [1.807, 2.05) is 0 Å². The molecule has 2 aromatic carbocycles. The first-order chi connectivity index (χ1) is 7.84. The van der Waals surface area contributed by atoms with Crippen LogP contribution in [0.5, 0.6) is 0 Å². The molecule has 0 saturated carbocycles. The molecule has 16 heavy (non-hydrogen) atoms. The molecule has 78 valence electrons. The lowest BCUT2D eigenvalue weighted by molar-refractivity contribution is 1.13. The third-order valence-electron chi connectivity index (χ3n) is 2.70. The van der Waals surface area contributed by atoms with Crippen LogP contribution in [-0.2, 0) is 0 Å². The summed E-state index contributed by atoms with van der Waals surface area (Å²) in [5, 5.41) is 1.27. The van der Waals surface area contributed by atoms with Crippen molar-refractivity contribution in [2.75, 3.05) is 0 Å². The van der Waals surface area contributed by atoms with Crippen molar-refractivity contribution < 1.29 is 0 Å². The molecule has 0 radical (unpaired) electrons. The summed E-state index contributed by atoms with van der Waals surface area (Å²) in [5.41, 5.74) is 2.43. The molecule has 0 amide bonds. The average molecular weight is 272 g/mol. The van der Waals surface area contributed by atoms with Crippen molar-refractivity contribution in [2.24, 2.45) is 0 Å². The summed E-state index contributed by atoms with van der Waals surface area (Å²) < 4.78 is 3.30. The Morgan fingerprint density at radius 1 is 0.812 bits per heavy atom. The smallest absolute Gasteiger partial charge is 0.0528 e. The van der Waals surface area contributed by atoms with Crippen LogP contribution in [0.3, 0.4) is 0 Å². The molecule has 0 fully saturated rings. The van der Waals surface area contributed by atoms with Gasteiger partial charge in [-0.1, -0.05) is 34.1 Å². The number of rotatable bonds is 1. The van der Waals surface area contributed by atoms with Gasteiger partial charge in [0.25, 0.3) is 0 Å². The van der Waals surface area contributed by atoms with Gasteiger partial charge in [0, 0.05) is 16.4 Å². The van der Waals surface area contributed by atoms with Crippen LogP contribution < -0.4 is 0 Å². The minimum absolute atomic E-state index is 1.10. The molecule has 1 heterocycles. The van der Waals surface area contributed by atoms with Crippen molar-refractivity contribution in [1.82, 2.24) is 4.57 Å². The number of hydrogen-bond acceptors (Lipinski definition) is 0. The van der Waals surface area contributed by atoms with E-state index in [1.54, 1.807) is 0 Å². The van der Waals surface area contributed by atoms with Crippen LogP contribution >= 0.6 is 15.9 Å². The molecule has 0 aliphatic rings. The third-order valence-corrected chi connectivity index (χ3v) is 3.23. The molecule has 0 atom stereocenters. The van der Waals surface area contributed by atoms with Crippen LogP contribution in [0, 0.1) is 0 Å². The number of para-hydroxylation sites is 1. The quantitative estimate of drug-likeness (QED) is 0.619. The fourth-order valence-electron chi connectivity index (χ4n) is 1.91. The molecule has 0 saturated heterocycles. The Bertz CT molecular complexity index is 623. The van der Waals surface area contributed by atoms with Gasteiger partial charge >= 0.3 is 0 Å². The van der Waals surface area contributed by atoms with Crippen LogP contribution in [0.25, 0.3) is 16.6 Å². The van der Waals surface area contributed by atoms with Gasteiger partial charge in [-0.2, -0.15) is 0 Å². The van der Waals surface area contributed by atoms with Crippen LogP contribution in [-0.4, -0.2) is 4.57 Å². The van der Waals surface area contributed by atoms with E-state index < -0.39 is 0 Å². The summed E-state index contributed by atoms with van der Waals surface area (Å²) in [6.45, 7) is 0. The largest absolute Gasteiger partial charge is 0.317 e. The van der Waals surface area contributed by atoms with E-state index in [1.165, 1.54) is 16.6 Å². The van der Waals surface area contributed by atoms with E-state index in [0.29, 0.717) is 0 Å². The lowest BCUT2D eigenvalue weighted by Gasteiger charge is -2.05. The van der Waals surface area contributed by atoms with Crippen molar-refractivity contribution in [2.45, 2.75) is 0 Å². The maximum Gasteiger partial charge on any atom is 0.0528 e. The highest BCUT2D eigenvalue weighted by atomic mass is 79.9. The van der Waals surface area contributed by atoms with Gasteiger partial charge in [-0.3, -0.25) is 0 Å². The lowest BCUT2D eigenvalue weighted by Crippen LogP contribution is -1.90. The molecule has 1 nitrogen and oxygen atoms in total. The summed E-state index contributed by atoms with van der Waals surface area (Å²) in [5.74, 6) is 0. The topological polar surface area (TPSA) is 4.93 Å². The van der Waals surface area contributed by atoms with Gasteiger partial charge in [0.15, 0.2) is 0 Å². The number of halogens is 1. The number of benzene rings is 2. The highest BCUT2D eigenvalue weighted by Gasteiger charge is 2.01. The Morgan fingerprint density at radius 3 is 2.38 bits per heavy atom. The predicted octanol–water partition coefficient (Wildman–Crippen LogP) is 4.39. The summed E-state index contributed by atoms with van der Waals surface area (Å²) in [6, 6.07) is 18.9. The van der Waals surface area contributed by atoms with Crippen molar-refractivity contribution in [3.8, 4) is 5.69 Å². The van der Waals surface area contributed by atoms with Crippen LogP contribution in [0.4, 0.5) is 0 Å². The van der Waals surface area contributed by atoms with E-state index in [2.05, 4.69) is 81.3 Å². The van der Waals surface area contributed by atoms with E-state index in [0.717, 1.165) is 4.47 Å². The zero-order valence-corrected chi connectivity index (χ0v) is 10.2. The first-order valence-electron chi connectivity index (χ1n) is 5.17. The maximum absolute atomic E-state index is 3.45. The predicted molar refractivity (Wildman–Crippen MR) is 71.0 cm³/mol.